The Morgan fingerprint density at radius 2 is 1.02 bits per heavy atom. The van der Waals surface area contributed by atoms with Crippen LogP contribution in [0.4, 0.5) is 0 Å². The number of hydrogen-bond donors (Lipinski definition) is 8. The number of nitrogens with one attached hydrogen (secondary N) is 1. The number of aliphatic hydroxyl groups excluding tert-OH is 7. The number of carbonyl (C=O) groups excluding carboxylic acids is 1. The molecule has 1 fully saturated rings. The maximum Gasteiger partial charge on any atom is 0.249 e. The molecule has 0 aromatic rings. The average molecular weight is 830 g/mol. The highest BCUT2D eigenvalue weighted by Gasteiger charge is 2.44. The fourth-order valence-electron chi connectivity index (χ4n) is 7.79. The Morgan fingerprint density at radius 3 is 1.48 bits per heavy atom. The molecule has 8 N–H and O–H groups in total. The second-order valence-corrected chi connectivity index (χ2v) is 17.2. The van der Waals surface area contributed by atoms with Crippen LogP contribution in [0.5, 0.6) is 0 Å². The number of hydrogen-bond acceptors (Lipinski definition) is 10. The summed E-state index contributed by atoms with van der Waals surface area (Å²) in [6.07, 6.45) is 28.3. The van der Waals surface area contributed by atoms with Crippen molar-refractivity contribution in [2.75, 3.05) is 13.2 Å². The molecule has 0 bridgehead atoms. The molecule has 0 radical (unpaired) electrons. The van der Waals surface area contributed by atoms with E-state index in [0.29, 0.717) is 12.8 Å². The smallest absolute Gasteiger partial charge is 0.249 e. The lowest BCUT2D eigenvalue weighted by Crippen LogP contribution is -2.60. The summed E-state index contributed by atoms with van der Waals surface area (Å²) in [4.78, 5) is 13.1. The first-order valence-corrected chi connectivity index (χ1v) is 24.1. The highest BCUT2D eigenvalue weighted by molar-refractivity contribution is 5.80. The third-order valence-corrected chi connectivity index (χ3v) is 11.8. The molecule has 11 heteroatoms. The van der Waals surface area contributed by atoms with Crippen molar-refractivity contribution in [3.63, 3.8) is 0 Å². The van der Waals surface area contributed by atoms with Crippen molar-refractivity contribution in [3.05, 3.63) is 12.2 Å². The van der Waals surface area contributed by atoms with Crippen LogP contribution in [0.3, 0.4) is 0 Å². The molecule has 1 saturated heterocycles. The van der Waals surface area contributed by atoms with Crippen LogP contribution in [-0.2, 0) is 14.3 Å². The van der Waals surface area contributed by atoms with Gasteiger partial charge in [0, 0.05) is 0 Å². The van der Waals surface area contributed by atoms with Crippen LogP contribution in [0, 0.1) is 0 Å². The predicted octanol–water partition coefficient (Wildman–Crippen LogP) is 8.06. The zero-order valence-corrected chi connectivity index (χ0v) is 37.0. The minimum atomic E-state index is -1.66. The first-order valence-electron chi connectivity index (χ1n) is 24.1. The van der Waals surface area contributed by atoms with Gasteiger partial charge in [-0.2, -0.15) is 0 Å². The second-order valence-electron chi connectivity index (χ2n) is 17.2. The van der Waals surface area contributed by atoms with Crippen molar-refractivity contribution in [1.82, 2.24) is 5.32 Å². The van der Waals surface area contributed by atoms with Crippen LogP contribution in [0.25, 0.3) is 0 Å². The van der Waals surface area contributed by atoms with Gasteiger partial charge in [-0.3, -0.25) is 4.79 Å². The maximum atomic E-state index is 13.1. The first-order chi connectivity index (χ1) is 28.2. The molecule has 11 nitrogen and oxygen atoms in total. The summed E-state index contributed by atoms with van der Waals surface area (Å²) in [5.41, 5.74) is 0. The summed E-state index contributed by atoms with van der Waals surface area (Å²) < 4.78 is 11.1. The van der Waals surface area contributed by atoms with Crippen molar-refractivity contribution in [2.45, 2.75) is 268 Å². The lowest BCUT2D eigenvalue weighted by molar-refractivity contribution is -0.303. The molecule has 1 rings (SSSR count). The standard InChI is InChI=1S/C47H91NO10/c1-3-5-7-9-11-13-15-17-19-20-21-23-24-26-28-30-32-34-39(50)42(52)38(37-57-47-45(55)44(54)43(53)41(36-49)58-47)48-46(56)40(51)35-33-31-29-27-25-22-18-16-14-12-10-8-6-4-2/h26,28,38-45,47,49-55H,3-25,27,29-37H2,1-2H3,(H,48,56)/b28-26+. The highest BCUT2D eigenvalue weighted by Crippen LogP contribution is 2.23. The molecule has 1 amide bonds. The molecule has 0 saturated carbocycles. The topological polar surface area (TPSA) is 189 Å². The fourth-order valence-corrected chi connectivity index (χ4v) is 7.79. The van der Waals surface area contributed by atoms with Crippen LogP contribution in [0.1, 0.15) is 213 Å². The van der Waals surface area contributed by atoms with E-state index in [1.54, 1.807) is 0 Å². The number of carbonyl (C=O) groups is 1. The zero-order valence-electron chi connectivity index (χ0n) is 37.0. The van der Waals surface area contributed by atoms with Crippen molar-refractivity contribution in [3.8, 4) is 0 Å². The number of allylic oxidation sites excluding steroid dienone is 2. The van der Waals surface area contributed by atoms with E-state index in [0.717, 1.165) is 38.5 Å². The number of aliphatic hydroxyl groups is 7. The van der Waals surface area contributed by atoms with Gasteiger partial charge in [-0.1, -0.05) is 187 Å². The summed E-state index contributed by atoms with van der Waals surface area (Å²) in [6, 6.07) is -1.18. The summed E-state index contributed by atoms with van der Waals surface area (Å²) in [5, 5.41) is 75.7. The summed E-state index contributed by atoms with van der Waals surface area (Å²) in [6.45, 7) is 3.43. The van der Waals surface area contributed by atoms with E-state index in [2.05, 4.69) is 31.3 Å². The van der Waals surface area contributed by atoms with Crippen molar-refractivity contribution in [2.24, 2.45) is 0 Å². The Labute approximate surface area is 353 Å². The summed E-state index contributed by atoms with van der Waals surface area (Å²) in [7, 11) is 0. The lowest BCUT2D eigenvalue weighted by atomic mass is 9.98. The minimum absolute atomic E-state index is 0.258. The van der Waals surface area contributed by atoms with E-state index >= 15 is 0 Å². The van der Waals surface area contributed by atoms with Crippen molar-refractivity contribution in [1.29, 1.82) is 0 Å². The Hall–Kier alpha value is -1.15. The van der Waals surface area contributed by atoms with Gasteiger partial charge in [-0.15, -0.1) is 0 Å². The molecule has 344 valence electrons. The summed E-state index contributed by atoms with van der Waals surface area (Å²) in [5.74, 6) is -0.705. The van der Waals surface area contributed by atoms with Crippen LogP contribution in [-0.4, -0.2) is 110 Å². The molecule has 0 aromatic carbocycles. The molecule has 1 aliphatic heterocycles. The van der Waals surface area contributed by atoms with Gasteiger partial charge in [0.25, 0.3) is 0 Å². The fraction of sp³-hybridized carbons (Fsp3) is 0.936. The van der Waals surface area contributed by atoms with Gasteiger partial charge in [-0.05, 0) is 38.5 Å². The molecule has 9 atom stereocenters. The Balaban J connectivity index is 2.45. The summed E-state index contributed by atoms with van der Waals surface area (Å²) >= 11 is 0. The Morgan fingerprint density at radius 1 is 0.586 bits per heavy atom. The number of rotatable bonds is 40. The monoisotopic (exact) mass is 830 g/mol. The van der Waals surface area contributed by atoms with E-state index < -0.39 is 74.2 Å². The van der Waals surface area contributed by atoms with Crippen molar-refractivity contribution < 1.29 is 50.0 Å². The lowest BCUT2D eigenvalue weighted by Gasteiger charge is -2.40. The molecule has 0 aromatic heterocycles. The van der Waals surface area contributed by atoms with Crippen LogP contribution < -0.4 is 5.32 Å². The molecule has 0 spiro atoms. The highest BCUT2D eigenvalue weighted by atomic mass is 16.7. The Bertz CT molecular complexity index is 954. The minimum Gasteiger partial charge on any atom is -0.394 e. The third kappa shape index (κ3) is 26.9. The Kier molecular flexibility index (Phi) is 35.6. The zero-order chi connectivity index (χ0) is 42.6. The van der Waals surface area contributed by atoms with Crippen LogP contribution in [0.15, 0.2) is 12.2 Å². The number of amides is 1. The first kappa shape index (κ1) is 54.9. The number of ether oxygens (including phenoxy) is 2. The molecular formula is C47H91NO10. The third-order valence-electron chi connectivity index (χ3n) is 11.8. The second kappa shape index (κ2) is 37.6. The van der Waals surface area contributed by atoms with Gasteiger partial charge >= 0.3 is 0 Å². The van der Waals surface area contributed by atoms with E-state index in [4.69, 9.17) is 9.47 Å². The van der Waals surface area contributed by atoms with Gasteiger partial charge < -0.3 is 50.5 Å². The predicted molar refractivity (Wildman–Crippen MR) is 233 cm³/mol. The van der Waals surface area contributed by atoms with Gasteiger partial charge in [0.15, 0.2) is 6.29 Å². The largest absolute Gasteiger partial charge is 0.394 e. The normalized spacial score (nSPS) is 22.0. The SMILES string of the molecule is CCCCCCCCCCCCCC/C=C/CCCC(O)C(O)C(COC1OC(CO)C(O)C(O)C1O)NC(=O)C(O)CCCCCCCCCCCCCCCC. The van der Waals surface area contributed by atoms with Crippen LogP contribution in [0.2, 0.25) is 0 Å². The average Bonchev–Trinajstić information content (AvgIpc) is 3.22. The molecule has 0 aliphatic carbocycles. The van der Waals surface area contributed by atoms with Gasteiger partial charge in [0.2, 0.25) is 5.91 Å². The molecule has 58 heavy (non-hydrogen) atoms. The number of unbranched alkanes of at least 4 members (excludes halogenated alkanes) is 26. The van der Waals surface area contributed by atoms with Gasteiger partial charge in [0.05, 0.1) is 25.4 Å². The van der Waals surface area contributed by atoms with Crippen LogP contribution >= 0.6 is 0 Å². The maximum absolute atomic E-state index is 13.1. The van der Waals surface area contributed by atoms with E-state index in [1.165, 1.54) is 135 Å². The molecule has 1 heterocycles. The quantitative estimate of drug-likeness (QED) is 0.0222. The van der Waals surface area contributed by atoms with E-state index in [-0.39, 0.29) is 12.8 Å². The molecule has 9 unspecified atom stereocenters. The van der Waals surface area contributed by atoms with Crippen molar-refractivity contribution >= 4 is 5.91 Å². The van der Waals surface area contributed by atoms with E-state index in [1.807, 2.05) is 0 Å². The van der Waals surface area contributed by atoms with Gasteiger partial charge in [-0.25, -0.2) is 0 Å². The molecular weight excluding hydrogens is 739 g/mol. The van der Waals surface area contributed by atoms with E-state index in [9.17, 15) is 40.5 Å². The molecule has 1 aliphatic rings. The van der Waals surface area contributed by atoms with Gasteiger partial charge in [0.1, 0.15) is 36.6 Å².